The third-order valence-corrected chi connectivity index (χ3v) is 15.9. The van der Waals surface area contributed by atoms with E-state index in [-0.39, 0.29) is 37.3 Å². The van der Waals surface area contributed by atoms with Gasteiger partial charge in [-0.05, 0) is 81.1 Å². The van der Waals surface area contributed by atoms with Gasteiger partial charge >= 0.3 is 5.69 Å². The van der Waals surface area contributed by atoms with Gasteiger partial charge in [-0.3, -0.25) is 14.3 Å². The van der Waals surface area contributed by atoms with Crippen molar-refractivity contribution in [2.24, 2.45) is 0 Å². The van der Waals surface area contributed by atoms with Crippen LogP contribution in [0, 0.1) is 6.92 Å². The lowest BCUT2D eigenvalue weighted by Gasteiger charge is -2.41. The van der Waals surface area contributed by atoms with Gasteiger partial charge in [-0.15, -0.1) is 0 Å². The van der Waals surface area contributed by atoms with E-state index in [1.807, 2.05) is 84.9 Å². The van der Waals surface area contributed by atoms with Crippen molar-refractivity contribution in [3.8, 4) is 11.5 Å². The number of nitrogens with zero attached hydrogens (tertiary/aromatic N) is 2. The number of aromatic nitrogens is 2. The average Bonchev–Trinajstić information content (AvgIpc) is 3.70. The van der Waals surface area contributed by atoms with Gasteiger partial charge in [-0.2, -0.15) is 0 Å². The van der Waals surface area contributed by atoms with Crippen LogP contribution in [0.4, 0.5) is 0 Å². The van der Waals surface area contributed by atoms with Crippen molar-refractivity contribution < 1.29 is 32.7 Å². The molecule has 63 heavy (non-hydrogen) atoms. The van der Waals surface area contributed by atoms with E-state index in [1.165, 1.54) is 4.57 Å². The summed E-state index contributed by atoms with van der Waals surface area (Å²) in [5.41, 5.74) is 1.97. The van der Waals surface area contributed by atoms with Crippen LogP contribution in [-0.2, 0) is 35.5 Å². The Bertz CT molecular complexity index is 2260. The third-order valence-electron chi connectivity index (χ3n) is 11.2. The van der Waals surface area contributed by atoms with Gasteiger partial charge in [-0.1, -0.05) is 107 Å². The predicted molar refractivity (Wildman–Crippen MR) is 252 cm³/mol. The first-order valence-electron chi connectivity index (χ1n) is 21.3. The summed E-state index contributed by atoms with van der Waals surface area (Å²) in [4.78, 5) is 28.4. The van der Waals surface area contributed by atoms with Crippen molar-refractivity contribution >= 4 is 30.1 Å². The molecule has 2 aliphatic heterocycles. The Hall–Kier alpha value is -3.95. The van der Waals surface area contributed by atoms with Crippen molar-refractivity contribution in [1.82, 2.24) is 14.2 Å². The van der Waals surface area contributed by atoms with E-state index < -0.39 is 43.8 Å². The molecule has 2 aliphatic rings. The summed E-state index contributed by atoms with van der Waals surface area (Å²) < 4.78 is 50.1. The number of hydrogen-bond acceptors (Lipinski definition) is 12. The van der Waals surface area contributed by atoms with Crippen molar-refractivity contribution in [3.05, 3.63) is 164 Å². The van der Waals surface area contributed by atoms with Gasteiger partial charge in [0.25, 0.3) is 14.1 Å². The molecule has 2 fully saturated rings. The van der Waals surface area contributed by atoms with Gasteiger partial charge in [0.05, 0.1) is 39.6 Å². The normalized spacial score (nSPS) is 21.0. The van der Waals surface area contributed by atoms with Crippen LogP contribution >= 0.6 is 30.1 Å². The number of rotatable bonds is 19. The lowest BCUT2D eigenvalue weighted by Crippen LogP contribution is -2.42. The van der Waals surface area contributed by atoms with Crippen LogP contribution in [0.3, 0.4) is 0 Å². The minimum Gasteiger partial charge on any atom is -0.497 e. The molecule has 6 atom stereocenters. The van der Waals surface area contributed by atoms with Crippen molar-refractivity contribution in [3.63, 3.8) is 0 Å². The molecule has 0 amide bonds. The first kappa shape index (κ1) is 47.0. The SMILES string of the molecule is COc1ccc(C(OC[C@H]2O[C@@H](n3cc(C)c(=O)[nH]c3=O)C[C@@H]2OP(OC2CSSCC2OCc2ccccc2)N(C(C)C)C(C)C)(c2ccccc2)c2ccc(OC)cc2)cc1. The predicted octanol–water partition coefficient (Wildman–Crippen LogP) is 9.25. The lowest BCUT2D eigenvalue weighted by atomic mass is 9.80. The van der Waals surface area contributed by atoms with E-state index in [0.717, 1.165) is 33.8 Å². The van der Waals surface area contributed by atoms with Crippen LogP contribution in [0.2, 0.25) is 0 Å². The van der Waals surface area contributed by atoms with Crippen molar-refractivity contribution in [1.29, 1.82) is 0 Å². The summed E-state index contributed by atoms with van der Waals surface area (Å²) in [6.45, 7) is 10.8. The minimum absolute atomic E-state index is 0.0521. The van der Waals surface area contributed by atoms with E-state index in [4.69, 9.17) is 32.7 Å². The number of aromatic amines is 1. The van der Waals surface area contributed by atoms with Crippen molar-refractivity contribution in [2.75, 3.05) is 32.3 Å². The Morgan fingerprint density at radius 2 is 1.30 bits per heavy atom. The second-order valence-electron chi connectivity index (χ2n) is 16.2. The van der Waals surface area contributed by atoms with E-state index in [2.05, 4.69) is 61.6 Å². The molecule has 0 radical (unpaired) electrons. The van der Waals surface area contributed by atoms with Gasteiger partial charge in [0, 0.05) is 41.8 Å². The Kier molecular flexibility index (Phi) is 16.3. The maximum Gasteiger partial charge on any atom is 0.330 e. The summed E-state index contributed by atoms with van der Waals surface area (Å²) in [5, 5.41) is 0. The zero-order valence-electron chi connectivity index (χ0n) is 36.9. The second kappa shape index (κ2) is 21.8. The summed E-state index contributed by atoms with van der Waals surface area (Å²) in [6.07, 6.45) is -0.640. The van der Waals surface area contributed by atoms with Gasteiger partial charge in [0.1, 0.15) is 35.5 Å². The molecule has 0 bridgehead atoms. The monoisotopic (exact) mass is 915 g/mol. The standard InChI is InChI=1S/C48H58N3O9PS2/c1-32(2)51(33(3)4)61(60-44-31-63-62-30-43(44)56-28-35-14-10-8-11-15-35)59-41-26-45(50-27-34(5)46(52)49-47(50)53)58-42(41)29-57-48(36-16-12-9-13-17-36,37-18-22-39(54-6)23-19-37)38-20-24-40(55-7)25-21-38/h8-25,27,32-33,41-45H,26,28-31H2,1-7H3,(H,49,52,53)/t41-,42+,43?,44?,45+,61?/m0/s1. The van der Waals surface area contributed by atoms with Crippen LogP contribution in [0.1, 0.15) is 68.2 Å². The molecule has 3 unspecified atom stereocenters. The molecule has 7 rings (SSSR count). The molecule has 12 nitrogen and oxygen atoms in total. The van der Waals surface area contributed by atoms with Gasteiger partial charge < -0.3 is 32.7 Å². The number of benzene rings is 4. The number of H-pyrrole nitrogens is 1. The molecule has 5 aromatic rings. The third kappa shape index (κ3) is 11.1. The fourth-order valence-electron chi connectivity index (χ4n) is 8.03. The lowest BCUT2D eigenvalue weighted by molar-refractivity contribution is -0.0937. The molecular formula is C48H58N3O9PS2. The molecule has 4 aromatic carbocycles. The smallest absolute Gasteiger partial charge is 0.330 e. The minimum atomic E-state index is -1.72. The van der Waals surface area contributed by atoms with Gasteiger partial charge in [0.15, 0.2) is 0 Å². The summed E-state index contributed by atoms with van der Waals surface area (Å²) in [7, 11) is 5.13. The quantitative estimate of drug-likeness (QED) is 0.0483. The van der Waals surface area contributed by atoms with E-state index >= 15 is 0 Å². The molecule has 3 heterocycles. The van der Waals surface area contributed by atoms with E-state index in [0.29, 0.717) is 23.7 Å². The molecule has 0 aliphatic carbocycles. The van der Waals surface area contributed by atoms with Crippen molar-refractivity contribution in [2.45, 2.75) is 96.0 Å². The average molecular weight is 916 g/mol. The molecule has 15 heteroatoms. The maximum absolute atomic E-state index is 13.4. The fourth-order valence-corrected chi connectivity index (χ4v) is 12.5. The van der Waals surface area contributed by atoms with Gasteiger partial charge in [0.2, 0.25) is 0 Å². The maximum atomic E-state index is 13.4. The largest absolute Gasteiger partial charge is 0.497 e. The molecule has 0 saturated carbocycles. The Morgan fingerprint density at radius 1 is 0.762 bits per heavy atom. The Balaban J connectivity index is 1.27. The van der Waals surface area contributed by atoms with E-state index in [9.17, 15) is 9.59 Å². The molecule has 336 valence electrons. The fraction of sp³-hybridized carbons (Fsp3) is 0.417. The summed E-state index contributed by atoms with van der Waals surface area (Å²) >= 11 is 0. The number of methoxy groups -OCH3 is 2. The van der Waals surface area contributed by atoms with Crippen LogP contribution in [0.5, 0.6) is 11.5 Å². The number of aryl methyl sites for hydroxylation is 1. The Morgan fingerprint density at radius 3 is 1.87 bits per heavy atom. The van der Waals surface area contributed by atoms with Crippen LogP contribution in [0.15, 0.2) is 125 Å². The molecule has 0 spiro atoms. The van der Waals surface area contributed by atoms with Crippen LogP contribution < -0.4 is 20.7 Å². The highest BCUT2D eigenvalue weighted by atomic mass is 33.1. The first-order chi connectivity index (χ1) is 30.5. The van der Waals surface area contributed by atoms with E-state index in [1.54, 1.807) is 48.9 Å². The zero-order valence-corrected chi connectivity index (χ0v) is 39.4. The van der Waals surface area contributed by atoms with Crippen LogP contribution in [-0.4, -0.2) is 83.1 Å². The van der Waals surface area contributed by atoms with Gasteiger partial charge in [-0.25, -0.2) is 9.46 Å². The molecule has 1 N–H and O–H groups in total. The zero-order chi connectivity index (χ0) is 44.5. The summed E-state index contributed by atoms with van der Waals surface area (Å²) in [5.74, 6) is 2.92. The number of ether oxygens (including phenoxy) is 5. The molecule has 1 aromatic heterocycles. The first-order valence-corrected chi connectivity index (χ1v) is 24.9. The highest BCUT2D eigenvalue weighted by molar-refractivity contribution is 8.76. The molecular weight excluding hydrogens is 858 g/mol. The second-order valence-corrected chi connectivity index (χ2v) is 20.1. The highest BCUT2D eigenvalue weighted by Crippen LogP contribution is 2.53. The molecule has 2 saturated heterocycles. The van der Waals surface area contributed by atoms with Crippen LogP contribution in [0.25, 0.3) is 0 Å². The number of nitrogens with one attached hydrogen (secondary N) is 1. The number of hydrogen-bond donors (Lipinski definition) is 1. The summed E-state index contributed by atoms with van der Waals surface area (Å²) in [6, 6.07) is 36.1. The topological polar surface area (TPSA) is 123 Å². The highest BCUT2D eigenvalue weighted by Gasteiger charge is 2.46. The Labute approximate surface area is 379 Å².